The summed E-state index contributed by atoms with van der Waals surface area (Å²) in [7, 11) is 0. The predicted octanol–water partition coefficient (Wildman–Crippen LogP) is 16.8. The molecule has 0 amide bonds. The van der Waals surface area contributed by atoms with Gasteiger partial charge in [-0.2, -0.15) is 0 Å². The van der Waals surface area contributed by atoms with Gasteiger partial charge in [0.2, 0.25) is 0 Å². The molecule has 63 heavy (non-hydrogen) atoms. The van der Waals surface area contributed by atoms with Crippen LogP contribution < -0.4 is 4.90 Å². The first kappa shape index (κ1) is 36.5. The average molecular weight is 805 g/mol. The molecule has 0 aliphatic carbocycles. The van der Waals surface area contributed by atoms with Gasteiger partial charge >= 0.3 is 0 Å². The van der Waals surface area contributed by atoms with Crippen LogP contribution in [0.4, 0.5) is 17.1 Å². The Morgan fingerprint density at radius 3 is 1.60 bits per heavy atom. The summed E-state index contributed by atoms with van der Waals surface area (Å²) in [5, 5.41) is 4.63. The molecule has 0 atom stereocenters. The second-order valence-electron chi connectivity index (χ2n) is 16.0. The van der Waals surface area contributed by atoms with E-state index in [-0.39, 0.29) is 0 Å². The maximum absolute atomic E-state index is 6.52. The Bertz CT molecular complexity index is 3620. The van der Waals surface area contributed by atoms with Crippen LogP contribution in [0.1, 0.15) is 0 Å². The van der Waals surface area contributed by atoms with Gasteiger partial charge in [0.25, 0.3) is 0 Å². The van der Waals surface area contributed by atoms with E-state index in [0.717, 1.165) is 78.0 Å². The van der Waals surface area contributed by atoms with Crippen molar-refractivity contribution >= 4 is 60.8 Å². The molecule has 0 bridgehead atoms. The second kappa shape index (κ2) is 15.3. The Balaban J connectivity index is 1.10. The van der Waals surface area contributed by atoms with Gasteiger partial charge in [-0.15, -0.1) is 0 Å². The standard InChI is InChI=1S/C60H40N2O/c1-3-19-41(20-4-1)45-23-7-8-24-47(45)48-25-9-10-26-49(48)50-27-11-14-32-54(50)62(44-39-37-42(38-40-44)46-30-17-31-52-51-28-13-16-36-58(51)63-60(46)52)57-35-18-34-56-59(57)53-29-12-15-33-55(53)61(56)43-21-5-2-6-22-43/h1-40H. The highest BCUT2D eigenvalue weighted by molar-refractivity contribution is 6.17. The Morgan fingerprint density at radius 1 is 0.317 bits per heavy atom. The first-order chi connectivity index (χ1) is 31.3. The van der Waals surface area contributed by atoms with Crippen molar-refractivity contribution in [1.29, 1.82) is 0 Å². The summed E-state index contributed by atoms with van der Waals surface area (Å²) in [6.45, 7) is 0. The Hall–Kier alpha value is -8.40. The van der Waals surface area contributed by atoms with Gasteiger partial charge in [-0.1, -0.05) is 188 Å². The minimum Gasteiger partial charge on any atom is -0.455 e. The van der Waals surface area contributed by atoms with E-state index < -0.39 is 0 Å². The van der Waals surface area contributed by atoms with Gasteiger partial charge in [-0.3, -0.25) is 0 Å². The van der Waals surface area contributed by atoms with E-state index in [1.54, 1.807) is 0 Å². The molecule has 0 spiro atoms. The minimum absolute atomic E-state index is 0.897. The SMILES string of the molecule is c1ccc(-c2ccccc2-c2ccccc2-c2ccccc2N(c2ccc(-c3cccc4c3oc3ccccc34)cc2)c2cccc3c2c2ccccc2n3-c2ccccc2)cc1. The fourth-order valence-corrected chi connectivity index (χ4v) is 9.65. The van der Waals surface area contributed by atoms with E-state index in [0.29, 0.717) is 0 Å². The molecule has 2 heterocycles. The predicted molar refractivity (Wildman–Crippen MR) is 264 cm³/mol. The number of hydrogen-bond donors (Lipinski definition) is 0. The molecule has 0 aliphatic heterocycles. The summed E-state index contributed by atoms with van der Waals surface area (Å²) in [6, 6.07) is 87.1. The number of nitrogens with zero attached hydrogens (tertiary/aromatic N) is 2. The maximum atomic E-state index is 6.52. The molecule has 2 aromatic heterocycles. The van der Waals surface area contributed by atoms with Crippen molar-refractivity contribution in [3.05, 3.63) is 243 Å². The fourth-order valence-electron chi connectivity index (χ4n) is 9.65. The molecule has 0 saturated carbocycles. The number of anilines is 3. The van der Waals surface area contributed by atoms with Crippen molar-refractivity contribution in [3.8, 4) is 50.2 Å². The van der Waals surface area contributed by atoms with Crippen LogP contribution in [0.2, 0.25) is 0 Å². The zero-order valence-electron chi connectivity index (χ0n) is 34.4. The molecule has 12 aromatic rings. The van der Waals surface area contributed by atoms with Crippen molar-refractivity contribution < 1.29 is 4.42 Å². The summed E-state index contributed by atoms with van der Waals surface area (Å²) in [4.78, 5) is 2.46. The van der Waals surface area contributed by atoms with Crippen molar-refractivity contribution in [2.24, 2.45) is 0 Å². The first-order valence-corrected chi connectivity index (χ1v) is 21.5. The zero-order chi connectivity index (χ0) is 41.7. The molecule has 0 N–H and O–H groups in total. The van der Waals surface area contributed by atoms with E-state index in [9.17, 15) is 0 Å². The summed E-state index contributed by atoms with van der Waals surface area (Å²) < 4.78 is 8.91. The van der Waals surface area contributed by atoms with Gasteiger partial charge in [-0.05, 0) is 88.0 Å². The minimum atomic E-state index is 0.897. The lowest BCUT2D eigenvalue weighted by Crippen LogP contribution is -2.12. The molecular weight excluding hydrogens is 765 g/mol. The largest absolute Gasteiger partial charge is 0.455 e. The number of aromatic nitrogens is 1. The molecule has 296 valence electrons. The van der Waals surface area contributed by atoms with Crippen molar-refractivity contribution in [2.75, 3.05) is 4.90 Å². The van der Waals surface area contributed by atoms with Gasteiger partial charge in [0.1, 0.15) is 11.2 Å². The molecule has 3 nitrogen and oxygen atoms in total. The molecule has 3 heteroatoms. The Kier molecular flexibility index (Phi) is 8.83. The highest BCUT2D eigenvalue weighted by Gasteiger charge is 2.24. The van der Waals surface area contributed by atoms with Crippen LogP contribution in [0, 0.1) is 0 Å². The van der Waals surface area contributed by atoms with Crippen LogP contribution in [0.25, 0.3) is 93.9 Å². The van der Waals surface area contributed by atoms with E-state index in [1.807, 2.05) is 12.1 Å². The number of hydrogen-bond acceptors (Lipinski definition) is 2. The lowest BCUT2D eigenvalue weighted by Gasteiger charge is -2.29. The van der Waals surface area contributed by atoms with Gasteiger partial charge in [0.15, 0.2) is 0 Å². The number of furan rings is 1. The quantitative estimate of drug-likeness (QED) is 0.153. The van der Waals surface area contributed by atoms with Crippen LogP contribution in [-0.2, 0) is 0 Å². The van der Waals surface area contributed by atoms with Crippen LogP contribution in [0.3, 0.4) is 0 Å². The smallest absolute Gasteiger partial charge is 0.143 e. The van der Waals surface area contributed by atoms with Crippen LogP contribution in [-0.4, -0.2) is 4.57 Å². The molecule has 0 fully saturated rings. The Morgan fingerprint density at radius 2 is 0.825 bits per heavy atom. The lowest BCUT2D eigenvalue weighted by molar-refractivity contribution is 0.670. The number of fused-ring (bicyclic) bond motifs is 6. The molecule has 0 saturated heterocycles. The summed E-state index contributed by atoms with van der Waals surface area (Å²) in [6.07, 6.45) is 0. The highest BCUT2D eigenvalue weighted by atomic mass is 16.3. The van der Waals surface area contributed by atoms with Gasteiger partial charge < -0.3 is 13.9 Å². The normalized spacial score (nSPS) is 11.5. The van der Waals surface area contributed by atoms with Crippen LogP contribution >= 0.6 is 0 Å². The number of para-hydroxylation sites is 5. The summed E-state index contributed by atoms with van der Waals surface area (Å²) >= 11 is 0. The van der Waals surface area contributed by atoms with Crippen molar-refractivity contribution in [2.45, 2.75) is 0 Å². The van der Waals surface area contributed by atoms with Gasteiger partial charge in [0.05, 0.1) is 22.4 Å². The molecule has 0 unspecified atom stereocenters. The molecule has 0 aliphatic rings. The maximum Gasteiger partial charge on any atom is 0.143 e. The molecular formula is C60H40N2O. The highest BCUT2D eigenvalue weighted by Crippen LogP contribution is 2.49. The Labute approximate surface area is 366 Å². The average Bonchev–Trinajstić information content (AvgIpc) is 3.92. The second-order valence-corrected chi connectivity index (χ2v) is 16.0. The van der Waals surface area contributed by atoms with E-state index >= 15 is 0 Å². The molecule has 12 rings (SSSR count). The topological polar surface area (TPSA) is 21.3 Å². The van der Waals surface area contributed by atoms with Crippen molar-refractivity contribution in [3.63, 3.8) is 0 Å². The number of benzene rings is 10. The van der Waals surface area contributed by atoms with Crippen molar-refractivity contribution in [1.82, 2.24) is 4.57 Å². The monoisotopic (exact) mass is 804 g/mol. The fraction of sp³-hybridized carbons (Fsp3) is 0. The summed E-state index contributed by atoms with van der Waals surface area (Å²) in [5.74, 6) is 0. The third-order valence-corrected chi connectivity index (χ3v) is 12.4. The molecule has 0 radical (unpaired) electrons. The van der Waals surface area contributed by atoms with E-state index in [4.69, 9.17) is 4.42 Å². The summed E-state index contributed by atoms with van der Waals surface area (Å²) in [5.41, 5.74) is 17.7. The van der Waals surface area contributed by atoms with E-state index in [2.05, 4.69) is 240 Å². The first-order valence-electron chi connectivity index (χ1n) is 21.5. The van der Waals surface area contributed by atoms with Gasteiger partial charge in [-0.25, -0.2) is 0 Å². The lowest BCUT2D eigenvalue weighted by atomic mass is 9.88. The zero-order valence-corrected chi connectivity index (χ0v) is 34.4. The third-order valence-electron chi connectivity index (χ3n) is 12.4. The van der Waals surface area contributed by atoms with E-state index in [1.165, 1.54) is 33.0 Å². The third kappa shape index (κ3) is 6.13. The molecule has 10 aromatic carbocycles. The van der Waals surface area contributed by atoms with Crippen LogP contribution in [0.5, 0.6) is 0 Å². The number of rotatable bonds is 8. The van der Waals surface area contributed by atoms with Crippen LogP contribution in [0.15, 0.2) is 247 Å². The van der Waals surface area contributed by atoms with Gasteiger partial charge in [0, 0.05) is 44.0 Å².